The molecule has 0 atom stereocenters. The van der Waals surface area contributed by atoms with E-state index < -0.39 is 0 Å². The maximum atomic E-state index is 11.5. The number of amides is 1. The number of H-pyrrole nitrogens is 1. The lowest BCUT2D eigenvalue weighted by Gasteiger charge is -1.93. The van der Waals surface area contributed by atoms with Crippen LogP contribution in [0.15, 0.2) is 27.1 Å². The average Bonchev–Trinajstić information content (AvgIpc) is 2.88. The van der Waals surface area contributed by atoms with Crippen molar-refractivity contribution in [2.45, 2.75) is 6.92 Å². The standard InChI is InChI=1S/C10H9BrN4OS/c1-6-4-8(14-13-6)10(16)15-12-5-7-2-3-9(11)17-7/h2-5H,1H3,(H,13,14)(H,15,16)/b12-5-. The molecular formula is C10H9BrN4OS. The van der Waals surface area contributed by atoms with Crippen LogP contribution in [0.2, 0.25) is 0 Å². The molecule has 0 spiro atoms. The van der Waals surface area contributed by atoms with E-state index in [9.17, 15) is 4.79 Å². The number of carbonyl (C=O) groups is 1. The van der Waals surface area contributed by atoms with E-state index in [1.165, 1.54) is 11.3 Å². The number of hydrogen-bond donors (Lipinski definition) is 2. The molecule has 0 aliphatic rings. The van der Waals surface area contributed by atoms with Crippen LogP contribution in [-0.2, 0) is 0 Å². The number of nitrogens with zero attached hydrogens (tertiary/aromatic N) is 2. The number of aromatic nitrogens is 2. The molecule has 0 saturated carbocycles. The van der Waals surface area contributed by atoms with Crippen molar-refractivity contribution in [1.29, 1.82) is 0 Å². The number of nitrogens with one attached hydrogen (secondary N) is 2. The Morgan fingerprint density at radius 3 is 3.06 bits per heavy atom. The molecule has 0 fully saturated rings. The number of carbonyl (C=O) groups excluding carboxylic acids is 1. The summed E-state index contributed by atoms with van der Waals surface area (Å²) in [6, 6.07) is 5.49. The summed E-state index contributed by atoms with van der Waals surface area (Å²) in [5.74, 6) is -0.332. The molecule has 0 aromatic carbocycles. The van der Waals surface area contributed by atoms with E-state index in [4.69, 9.17) is 0 Å². The van der Waals surface area contributed by atoms with Gasteiger partial charge >= 0.3 is 0 Å². The lowest BCUT2D eigenvalue weighted by Crippen LogP contribution is -2.17. The van der Waals surface area contributed by atoms with E-state index in [2.05, 4.69) is 36.7 Å². The molecule has 0 saturated heterocycles. The summed E-state index contributed by atoms with van der Waals surface area (Å²) in [7, 11) is 0. The first-order chi connectivity index (χ1) is 8.15. The summed E-state index contributed by atoms with van der Waals surface area (Å²) in [5, 5.41) is 10.4. The highest BCUT2D eigenvalue weighted by molar-refractivity contribution is 9.11. The minimum atomic E-state index is -0.332. The molecule has 88 valence electrons. The topological polar surface area (TPSA) is 70.1 Å². The highest BCUT2D eigenvalue weighted by Crippen LogP contribution is 2.20. The van der Waals surface area contributed by atoms with Gasteiger partial charge in [-0.15, -0.1) is 11.3 Å². The van der Waals surface area contributed by atoms with Crippen LogP contribution in [0.5, 0.6) is 0 Å². The van der Waals surface area contributed by atoms with Crippen molar-refractivity contribution in [3.05, 3.63) is 38.3 Å². The van der Waals surface area contributed by atoms with Crippen molar-refractivity contribution < 1.29 is 4.79 Å². The fourth-order valence-corrected chi connectivity index (χ4v) is 2.44. The minimum absolute atomic E-state index is 0.326. The number of hydrogen-bond acceptors (Lipinski definition) is 4. The van der Waals surface area contributed by atoms with Crippen molar-refractivity contribution in [1.82, 2.24) is 15.6 Å². The number of thiophene rings is 1. The molecular weight excluding hydrogens is 304 g/mol. The summed E-state index contributed by atoms with van der Waals surface area (Å²) in [4.78, 5) is 12.5. The molecule has 2 rings (SSSR count). The fraction of sp³-hybridized carbons (Fsp3) is 0.100. The van der Waals surface area contributed by atoms with Crippen molar-refractivity contribution >= 4 is 39.4 Å². The fourth-order valence-electron chi connectivity index (χ4n) is 1.14. The minimum Gasteiger partial charge on any atom is -0.282 e. The Balaban J connectivity index is 1.94. The SMILES string of the molecule is Cc1cc(C(=O)N/N=C\c2ccc(Br)s2)n[nH]1. The summed E-state index contributed by atoms with van der Waals surface area (Å²) >= 11 is 4.88. The molecule has 0 radical (unpaired) electrons. The van der Waals surface area contributed by atoms with Crippen LogP contribution in [0.1, 0.15) is 21.1 Å². The van der Waals surface area contributed by atoms with Gasteiger partial charge in [-0.2, -0.15) is 10.2 Å². The molecule has 2 N–H and O–H groups in total. The third kappa shape index (κ3) is 3.24. The Morgan fingerprint density at radius 2 is 2.47 bits per heavy atom. The van der Waals surface area contributed by atoms with Crippen LogP contribution < -0.4 is 5.43 Å². The summed E-state index contributed by atoms with van der Waals surface area (Å²) in [6.07, 6.45) is 1.59. The molecule has 5 nitrogen and oxygen atoms in total. The van der Waals surface area contributed by atoms with Crippen molar-refractivity contribution in [3.63, 3.8) is 0 Å². The average molecular weight is 313 g/mol. The Labute approximate surface area is 110 Å². The van der Waals surface area contributed by atoms with Gasteiger partial charge in [0.05, 0.1) is 10.0 Å². The van der Waals surface area contributed by atoms with E-state index in [-0.39, 0.29) is 5.91 Å². The van der Waals surface area contributed by atoms with Gasteiger partial charge in [-0.05, 0) is 41.1 Å². The zero-order chi connectivity index (χ0) is 12.3. The van der Waals surface area contributed by atoms with Gasteiger partial charge in [0.15, 0.2) is 5.69 Å². The second-order valence-corrected chi connectivity index (χ2v) is 5.77. The second-order valence-electron chi connectivity index (χ2n) is 3.28. The van der Waals surface area contributed by atoms with E-state index >= 15 is 0 Å². The first kappa shape index (κ1) is 12.0. The van der Waals surface area contributed by atoms with Crippen LogP contribution in [0.25, 0.3) is 0 Å². The third-order valence-electron chi connectivity index (χ3n) is 1.89. The van der Waals surface area contributed by atoms with Gasteiger partial charge in [-0.25, -0.2) is 5.43 Å². The van der Waals surface area contributed by atoms with Crippen LogP contribution in [0.3, 0.4) is 0 Å². The predicted molar refractivity (Wildman–Crippen MR) is 70.4 cm³/mol. The summed E-state index contributed by atoms with van der Waals surface area (Å²) in [5.41, 5.74) is 3.57. The first-order valence-corrected chi connectivity index (χ1v) is 6.37. The zero-order valence-corrected chi connectivity index (χ0v) is 11.3. The molecule has 2 aromatic rings. The normalized spacial score (nSPS) is 10.9. The molecule has 2 heterocycles. The molecule has 7 heteroatoms. The lowest BCUT2D eigenvalue weighted by atomic mass is 10.4. The van der Waals surface area contributed by atoms with Crippen LogP contribution in [0.4, 0.5) is 0 Å². The molecule has 17 heavy (non-hydrogen) atoms. The van der Waals surface area contributed by atoms with E-state index in [0.717, 1.165) is 14.4 Å². The zero-order valence-electron chi connectivity index (χ0n) is 8.90. The van der Waals surface area contributed by atoms with Gasteiger partial charge < -0.3 is 0 Å². The van der Waals surface area contributed by atoms with Gasteiger partial charge in [-0.1, -0.05) is 0 Å². The van der Waals surface area contributed by atoms with E-state index in [1.807, 2.05) is 19.1 Å². The molecule has 0 bridgehead atoms. The third-order valence-corrected chi connectivity index (χ3v) is 3.45. The predicted octanol–water partition coefficient (Wildman–Crippen LogP) is 2.31. The lowest BCUT2D eigenvalue weighted by molar-refractivity contribution is 0.0950. The molecule has 2 aromatic heterocycles. The Bertz CT molecular complexity index is 560. The van der Waals surface area contributed by atoms with Gasteiger partial charge in [0.25, 0.3) is 5.91 Å². The molecule has 1 amide bonds. The Morgan fingerprint density at radius 1 is 1.65 bits per heavy atom. The summed E-state index contributed by atoms with van der Waals surface area (Å²) < 4.78 is 1.02. The van der Waals surface area contributed by atoms with Gasteiger partial charge in [0.2, 0.25) is 0 Å². The van der Waals surface area contributed by atoms with Crippen molar-refractivity contribution in [2.75, 3.05) is 0 Å². The maximum absolute atomic E-state index is 11.5. The highest BCUT2D eigenvalue weighted by atomic mass is 79.9. The van der Waals surface area contributed by atoms with Gasteiger partial charge in [0, 0.05) is 10.6 Å². The van der Waals surface area contributed by atoms with Crippen LogP contribution >= 0.6 is 27.3 Å². The number of hydrazone groups is 1. The first-order valence-electron chi connectivity index (χ1n) is 4.76. The maximum Gasteiger partial charge on any atom is 0.291 e. The molecule has 0 aliphatic heterocycles. The van der Waals surface area contributed by atoms with Crippen LogP contribution in [-0.4, -0.2) is 22.3 Å². The Kier molecular flexibility index (Phi) is 3.70. The number of aryl methyl sites for hydroxylation is 1. The number of halogens is 1. The smallest absolute Gasteiger partial charge is 0.282 e. The second kappa shape index (κ2) is 5.24. The number of rotatable bonds is 3. The number of aromatic amines is 1. The largest absolute Gasteiger partial charge is 0.291 e. The monoisotopic (exact) mass is 312 g/mol. The highest BCUT2D eigenvalue weighted by Gasteiger charge is 2.07. The van der Waals surface area contributed by atoms with Crippen molar-refractivity contribution in [3.8, 4) is 0 Å². The van der Waals surface area contributed by atoms with Gasteiger partial charge in [0.1, 0.15) is 0 Å². The van der Waals surface area contributed by atoms with Crippen LogP contribution in [0, 0.1) is 6.92 Å². The molecule has 0 aliphatic carbocycles. The van der Waals surface area contributed by atoms with E-state index in [1.54, 1.807) is 12.3 Å². The quantitative estimate of drug-likeness (QED) is 0.674. The summed E-state index contributed by atoms with van der Waals surface area (Å²) in [6.45, 7) is 1.83. The van der Waals surface area contributed by atoms with Crippen molar-refractivity contribution in [2.24, 2.45) is 5.10 Å². The van der Waals surface area contributed by atoms with E-state index in [0.29, 0.717) is 5.69 Å². The Hall–Kier alpha value is -1.47. The molecule has 0 unspecified atom stereocenters. The van der Waals surface area contributed by atoms with Gasteiger partial charge in [-0.3, -0.25) is 9.89 Å².